The zero-order valence-corrected chi connectivity index (χ0v) is 15.0. The largest absolute Gasteiger partial charge is 0.355 e. The molecule has 1 aromatic carbocycles. The molecule has 6 rings (SSSR count). The van der Waals surface area contributed by atoms with Crippen molar-refractivity contribution in [3.05, 3.63) is 84.2 Å². The lowest BCUT2D eigenvalue weighted by Gasteiger charge is -1.97. The summed E-state index contributed by atoms with van der Waals surface area (Å²) >= 11 is 0. The van der Waals surface area contributed by atoms with Gasteiger partial charge in [-0.25, -0.2) is 9.97 Å². The van der Waals surface area contributed by atoms with Gasteiger partial charge in [-0.2, -0.15) is 0 Å². The van der Waals surface area contributed by atoms with Gasteiger partial charge in [0.05, 0.1) is 22.8 Å². The second kappa shape index (κ2) is 5.79. The molecule has 0 saturated heterocycles. The molecule has 4 aromatic rings. The van der Waals surface area contributed by atoms with Gasteiger partial charge in [0.15, 0.2) is 0 Å². The molecule has 0 saturated carbocycles. The Morgan fingerprint density at radius 2 is 0.964 bits per heavy atom. The van der Waals surface area contributed by atoms with Crippen molar-refractivity contribution in [3.63, 3.8) is 0 Å². The number of nitrogens with one attached hydrogen (secondary N) is 2. The Morgan fingerprint density at radius 1 is 0.500 bits per heavy atom. The highest BCUT2D eigenvalue weighted by atomic mass is 14.8. The van der Waals surface area contributed by atoms with Crippen LogP contribution in [0.4, 0.5) is 0 Å². The fourth-order valence-corrected chi connectivity index (χ4v) is 3.76. The summed E-state index contributed by atoms with van der Waals surface area (Å²) in [5, 5.41) is 0. The molecule has 28 heavy (non-hydrogen) atoms. The van der Waals surface area contributed by atoms with E-state index < -0.39 is 0 Å². The second-order valence-corrected chi connectivity index (χ2v) is 7.04. The Kier molecular flexibility index (Phi) is 3.14. The van der Waals surface area contributed by atoms with E-state index in [1.807, 2.05) is 12.2 Å². The Bertz CT molecular complexity index is 1320. The van der Waals surface area contributed by atoms with Crippen molar-refractivity contribution in [1.29, 1.82) is 0 Å². The van der Waals surface area contributed by atoms with Gasteiger partial charge in [-0.1, -0.05) is 24.3 Å². The molecule has 5 heterocycles. The topological polar surface area (TPSA) is 57.4 Å². The summed E-state index contributed by atoms with van der Waals surface area (Å²) < 4.78 is 0. The summed E-state index contributed by atoms with van der Waals surface area (Å²) in [5.74, 6) is 0. The van der Waals surface area contributed by atoms with Gasteiger partial charge in [-0.15, -0.1) is 0 Å². The molecule has 8 bridgehead atoms. The third-order valence-corrected chi connectivity index (χ3v) is 5.06. The van der Waals surface area contributed by atoms with Gasteiger partial charge in [0.1, 0.15) is 0 Å². The summed E-state index contributed by atoms with van der Waals surface area (Å²) in [5.41, 5.74) is 10.2. The Morgan fingerprint density at radius 3 is 1.46 bits per heavy atom. The number of benzene rings is 1. The molecular formula is C24H16N4. The highest BCUT2D eigenvalue weighted by Gasteiger charge is 2.15. The van der Waals surface area contributed by atoms with Crippen molar-refractivity contribution in [2.45, 2.75) is 0 Å². The number of hydrogen-bond acceptors (Lipinski definition) is 2. The lowest BCUT2D eigenvalue weighted by atomic mass is 10.1. The van der Waals surface area contributed by atoms with E-state index in [-0.39, 0.29) is 0 Å². The van der Waals surface area contributed by atoms with Crippen LogP contribution in [-0.4, -0.2) is 19.9 Å². The van der Waals surface area contributed by atoms with Gasteiger partial charge < -0.3 is 9.97 Å². The lowest BCUT2D eigenvalue weighted by molar-refractivity contribution is 1.32. The molecule has 4 nitrogen and oxygen atoms in total. The summed E-state index contributed by atoms with van der Waals surface area (Å²) in [6, 6.07) is 24.9. The lowest BCUT2D eigenvalue weighted by Crippen LogP contribution is -1.74. The van der Waals surface area contributed by atoms with Crippen LogP contribution in [0, 0.1) is 0 Å². The average Bonchev–Trinajstić information content (AvgIpc) is 3.47. The number of hydrogen-bond donors (Lipinski definition) is 2. The van der Waals surface area contributed by atoms with Crippen LogP contribution in [0.1, 0.15) is 11.4 Å². The third kappa shape index (κ3) is 2.55. The normalized spacial score (nSPS) is 12.1. The molecule has 0 atom stereocenters. The number of aromatic nitrogens is 4. The second-order valence-electron chi connectivity index (χ2n) is 7.04. The monoisotopic (exact) mass is 360 g/mol. The van der Waals surface area contributed by atoms with Crippen molar-refractivity contribution in [2.75, 3.05) is 0 Å². The van der Waals surface area contributed by atoms with Crippen LogP contribution in [0.25, 0.3) is 56.7 Å². The molecular weight excluding hydrogens is 344 g/mol. The van der Waals surface area contributed by atoms with E-state index in [1.54, 1.807) is 0 Å². The van der Waals surface area contributed by atoms with Gasteiger partial charge in [0.25, 0.3) is 0 Å². The fraction of sp³-hybridized carbons (Fsp3) is 0. The zero-order valence-electron chi connectivity index (χ0n) is 15.0. The predicted octanol–water partition coefficient (Wildman–Crippen LogP) is 5.82. The standard InChI is InChI=1S/C24H16N4/c1-2-4-22-21(3-1)23-13-19-9-7-17(26-19)11-15-5-6-16(25-15)12-18-8-10-20(27-18)14-24(22)28-23/h1-14,26-27H. The van der Waals surface area contributed by atoms with Crippen LogP contribution in [0.15, 0.2) is 72.8 Å². The van der Waals surface area contributed by atoms with Crippen LogP contribution < -0.4 is 0 Å². The summed E-state index contributed by atoms with van der Waals surface area (Å²) in [6.07, 6.45) is 4.06. The van der Waals surface area contributed by atoms with Crippen LogP contribution in [0.5, 0.6) is 0 Å². The van der Waals surface area contributed by atoms with E-state index in [4.69, 9.17) is 4.98 Å². The van der Waals surface area contributed by atoms with Crippen molar-refractivity contribution in [3.8, 4) is 22.5 Å². The average molecular weight is 360 g/mol. The first kappa shape index (κ1) is 15.2. The smallest absolute Gasteiger partial charge is 0.0737 e. The van der Waals surface area contributed by atoms with Crippen LogP contribution >= 0.6 is 0 Å². The molecule has 0 amide bonds. The molecule has 4 heteroatoms. The maximum absolute atomic E-state index is 4.91. The Hall–Kier alpha value is -3.92. The molecule has 0 unspecified atom stereocenters. The quantitative estimate of drug-likeness (QED) is 0.359. The zero-order chi connectivity index (χ0) is 18.5. The van der Waals surface area contributed by atoms with Gasteiger partial charge >= 0.3 is 0 Å². The van der Waals surface area contributed by atoms with Gasteiger partial charge in [0.2, 0.25) is 0 Å². The molecule has 0 spiro atoms. The maximum Gasteiger partial charge on any atom is 0.0737 e. The van der Waals surface area contributed by atoms with E-state index >= 15 is 0 Å². The van der Waals surface area contributed by atoms with Crippen molar-refractivity contribution in [1.82, 2.24) is 19.9 Å². The van der Waals surface area contributed by atoms with Crippen LogP contribution in [0.3, 0.4) is 0 Å². The fourth-order valence-electron chi connectivity index (χ4n) is 3.76. The highest BCUT2D eigenvalue weighted by Crippen LogP contribution is 2.35. The minimum atomic E-state index is 0.934. The first-order valence-electron chi connectivity index (χ1n) is 9.26. The molecule has 3 aromatic heterocycles. The first-order valence-corrected chi connectivity index (χ1v) is 9.26. The Labute approximate surface area is 161 Å². The molecule has 2 aliphatic heterocycles. The summed E-state index contributed by atoms with van der Waals surface area (Å²) in [4.78, 5) is 16.5. The number of rotatable bonds is 0. The highest BCUT2D eigenvalue weighted by molar-refractivity contribution is 5.87. The SMILES string of the molecule is C1=Cc2cc3ccc(cc4nc(cc5ccc(cc1n2)[nH]5)-c1ccccc1-4)[nH]3. The number of H-pyrrole nitrogens is 2. The third-order valence-electron chi connectivity index (χ3n) is 5.06. The van der Waals surface area contributed by atoms with Crippen LogP contribution in [-0.2, 0) is 0 Å². The minimum absolute atomic E-state index is 0.934. The van der Waals surface area contributed by atoms with E-state index in [0.29, 0.717) is 0 Å². The summed E-state index contributed by atoms with van der Waals surface area (Å²) in [7, 11) is 0. The minimum Gasteiger partial charge on any atom is -0.355 e. The van der Waals surface area contributed by atoms with Crippen LogP contribution in [0.2, 0.25) is 0 Å². The van der Waals surface area contributed by atoms with E-state index in [1.165, 1.54) is 0 Å². The van der Waals surface area contributed by atoms with Crippen molar-refractivity contribution in [2.24, 2.45) is 0 Å². The number of nitrogens with zero attached hydrogens (tertiary/aromatic N) is 2. The molecule has 132 valence electrons. The van der Waals surface area contributed by atoms with E-state index in [2.05, 4.69) is 87.7 Å². The number of aromatic amines is 2. The van der Waals surface area contributed by atoms with E-state index in [9.17, 15) is 0 Å². The number of fused-ring (bicyclic) bond motifs is 11. The first-order chi connectivity index (χ1) is 13.8. The summed E-state index contributed by atoms with van der Waals surface area (Å²) in [6.45, 7) is 0. The van der Waals surface area contributed by atoms with Gasteiger partial charge in [-0.05, 0) is 60.7 Å². The van der Waals surface area contributed by atoms with Crippen molar-refractivity contribution >= 4 is 34.2 Å². The molecule has 0 fully saturated rings. The van der Waals surface area contributed by atoms with Gasteiger partial charge in [-0.3, -0.25) is 0 Å². The van der Waals surface area contributed by atoms with Crippen molar-refractivity contribution < 1.29 is 0 Å². The van der Waals surface area contributed by atoms with E-state index in [0.717, 1.165) is 56.0 Å². The molecule has 0 aliphatic carbocycles. The predicted molar refractivity (Wildman–Crippen MR) is 114 cm³/mol. The molecule has 0 radical (unpaired) electrons. The maximum atomic E-state index is 4.91. The molecule has 2 N–H and O–H groups in total. The molecule has 2 aliphatic rings. The Balaban J connectivity index is 1.73. The van der Waals surface area contributed by atoms with Gasteiger partial charge in [0, 0.05) is 33.2 Å².